The van der Waals surface area contributed by atoms with E-state index in [-0.39, 0.29) is 21.8 Å². The number of fused-ring (bicyclic) bond motifs is 1. The van der Waals surface area contributed by atoms with Crippen molar-refractivity contribution in [2.75, 3.05) is 5.32 Å². The molecule has 1 amide bonds. The predicted octanol–water partition coefficient (Wildman–Crippen LogP) is 4.83. The second kappa shape index (κ2) is 9.40. The highest BCUT2D eigenvalue weighted by Crippen LogP contribution is 2.23. The molecule has 0 fully saturated rings. The fourth-order valence-corrected chi connectivity index (χ4v) is 5.13. The summed E-state index contributed by atoms with van der Waals surface area (Å²) in [5.41, 5.74) is 1.31. The molecule has 34 heavy (non-hydrogen) atoms. The second-order valence-corrected chi connectivity index (χ2v) is 10.0. The van der Waals surface area contributed by atoms with Crippen molar-refractivity contribution >= 4 is 43.9 Å². The van der Waals surface area contributed by atoms with Crippen LogP contribution in [0.2, 0.25) is 5.02 Å². The zero-order valence-corrected chi connectivity index (χ0v) is 19.7. The first kappa shape index (κ1) is 23.7. The van der Waals surface area contributed by atoms with Gasteiger partial charge in [-0.3, -0.25) is 9.59 Å². The van der Waals surface area contributed by atoms with Gasteiger partial charge in [-0.15, -0.1) is 0 Å². The molecule has 0 unspecified atom stereocenters. The molecule has 0 saturated heterocycles. The highest BCUT2D eigenvalue weighted by atomic mass is 35.5. The molecule has 174 valence electrons. The molecule has 4 rings (SSSR count). The minimum atomic E-state index is -4.29. The Kier molecular flexibility index (Phi) is 6.54. The van der Waals surface area contributed by atoms with Crippen LogP contribution in [0.3, 0.4) is 0 Å². The topological polar surface area (TPSA) is 85.2 Å². The monoisotopic (exact) mass is 498 g/mol. The summed E-state index contributed by atoms with van der Waals surface area (Å²) in [6.07, 6.45) is 2.00. The maximum absolute atomic E-state index is 13.3. The Morgan fingerprint density at radius 3 is 2.35 bits per heavy atom. The van der Waals surface area contributed by atoms with Gasteiger partial charge in [0, 0.05) is 22.3 Å². The number of nitrogens with one attached hydrogen (secondary N) is 1. The maximum Gasteiger partial charge on any atom is 0.244 e. The molecule has 0 radical (unpaired) electrons. The second-order valence-electron chi connectivity index (χ2n) is 7.67. The van der Waals surface area contributed by atoms with Crippen LogP contribution in [-0.4, -0.2) is 18.9 Å². The van der Waals surface area contributed by atoms with Crippen molar-refractivity contribution in [2.24, 2.45) is 0 Å². The smallest absolute Gasteiger partial charge is 0.244 e. The third kappa shape index (κ3) is 4.73. The molecule has 3 aromatic carbocycles. The first-order valence-electron chi connectivity index (χ1n) is 10.4. The van der Waals surface area contributed by atoms with E-state index in [1.807, 2.05) is 19.1 Å². The third-order valence-corrected chi connectivity index (χ3v) is 7.38. The molecule has 0 spiro atoms. The number of benzene rings is 3. The molecule has 9 heteroatoms. The zero-order valence-electron chi connectivity index (χ0n) is 18.1. The summed E-state index contributed by atoms with van der Waals surface area (Å²) in [5, 5.41) is 3.07. The van der Waals surface area contributed by atoms with Crippen molar-refractivity contribution in [3.63, 3.8) is 0 Å². The first-order valence-corrected chi connectivity index (χ1v) is 12.3. The van der Waals surface area contributed by atoms with Crippen LogP contribution < -0.4 is 10.7 Å². The van der Waals surface area contributed by atoms with Crippen molar-refractivity contribution in [1.82, 2.24) is 4.57 Å². The summed E-state index contributed by atoms with van der Waals surface area (Å²) in [4.78, 5) is 25.1. The average molecular weight is 499 g/mol. The highest BCUT2D eigenvalue weighted by molar-refractivity contribution is 7.91. The quantitative estimate of drug-likeness (QED) is 0.386. The minimum absolute atomic E-state index is 0.0517. The van der Waals surface area contributed by atoms with Crippen LogP contribution in [0.25, 0.3) is 10.9 Å². The van der Waals surface area contributed by atoms with E-state index in [9.17, 15) is 22.4 Å². The van der Waals surface area contributed by atoms with E-state index >= 15 is 0 Å². The Morgan fingerprint density at radius 2 is 1.71 bits per heavy atom. The summed E-state index contributed by atoms with van der Waals surface area (Å²) in [6, 6.07) is 16.0. The number of sulfone groups is 1. The first-order chi connectivity index (χ1) is 16.2. The molecule has 0 aliphatic rings. The van der Waals surface area contributed by atoms with Gasteiger partial charge in [0.2, 0.25) is 21.2 Å². The van der Waals surface area contributed by atoms with Gasteiger partial charge in [-0.25, -0.2) is 12.8 Å². The van der Waals surface area contributed by atoms with Gasteiger partial charge < -0.3 is 9.88 Å². The van der Waals surface area contributed by atoms with E-state index in [2.05, 4.69) is 5.32 Å². The molecule has 0 atom stereocenters. The molecule has 1 aromatic heterocycles. The van der Waals surface area contributed by atoms with Gasteiger partial charge in [-0.2, -0.15) is 0 Å². The Bertz CT molecular complexity index is 1550. The van der Waals surface area contributed by atoms with Crippen LogP contribution in [0.4, 0.5) is 10.1 Å². The van der Waals surface area contributed by atoms with Crippen LogP contribution >= 0.6 is 11.6 Å². The van der Waals surface area contributed by atoms with Gasteiger partial charge in [0.05, 0.1) is 10.4 Å². The number of carbonyl (C=O) groups excluding carboxylic acids is 1. The van der Waals surface area contributed by atoms with Gasteiger partial charge in [-0.05, 0) is 66.6 Å². The molecule has 0 aliphatic carbocycles. The van der Waals surface area contributed by atoms with Crippen molar-refractivity contribution in [1.29, 1.82) is 0 Å². The zero-order chi connectivity index (χ0) is 24.5. The van der Waals surface area contributed by atoms with E-state index < -0.39 is 31.9 Å². The van der Waals surface area contributed by atoms with Crippen LogP contribution in [0.1, 0.15) is 12.5 Å². The van der Waals surface area contributed by atoms with Crippen molar-refractivity contribution in [3.05, 3.63) is 99.6 Å². The fraction of sp³-hybridized carbons (Fsp3) is 0.120. The van der Waals surface area contributed by atoms with E-state index in [0.717, 1.165) is 42.4 Å². The molecule has 0 saturated carbocycles. The van der Waals surface area contributed by atoms with E-state index in [0.29, 0.717) is 11.2 Å². The summed E-state index contributed by atoms with van der Waals surface area (Å²) >= 11 is 6.06. The Hall–Kier alpha value is -3.49. The summed E-state index contributed by atoms with van der Waals surface area (Å²) < 4.78 is 41.1. The lowest BCUT2D eigenvalue weighted by Gasteiger charge is -2.14. The number of pyridine rings is 1. The van der Waals surface area contributed by atoms with Crippen LogP contribution in [-0.2, 0) is 27.6 Å². The Balaban J connectivity index is 1.78. The van der Waals surface area contributed by atoms with Crippen molar-refractivity contribution in [3.8, 4) is 0 Å². The standard InChI is InChI=1S/C25H20ClFN2O4S/c1-2-16-3-8-19(9-4-16)28-24(30)15-29-14-23(25(31)21-13-17(26)5-12-22(21)29)34(32,33)20-10-6-18(27)7-11-20/h3-14H,2,15H2,1H3,(H,28,30). The maximum atomic E-state index is 13.3. The summed E-state index contributed by atoms with van der Waals surface area (Å²) in [6.45, 7) is 1.78. The number of halogens is 2. The molecule has 0 bridgehead atoms. The van der Waals surface area contributed by atoms with Crippen molar-refractivity contribution in [2.45, 2.75) is 29.7 Å². The predicted molar refractivity (Wildman–Crippen MR) is 130 cm³/mol. The summed E-state index contributed by atoms with van der Waals surface area (Å²) in [7, 11) is -4.29. The molecule has 0 aliphatic heterocycles. The number of nitrogens with zero attached hydrogens (tertiary/aromatic N) is 1. The normalized spacial score (nSPS) is 11.5. The number of anilines is 1. The molecular weight excluding hydrogens is 479 g/mol. The lowest BCUT2D eigenvalue weighted by atomic mass is 10.1. The van der Waals surface area contributed by atoms with Gasteiger partial charge in [0.25, 0.3) is 0 Å². The van der Waals surface area contributed by atoms with Crippen LogP contribution in [0.5, 0.6) is 0 Å². The van der Waals surface area contributed by atoms with Gasteiger partial charge in [-0.1, -0.05) is 30.7 Å². The van der Waals surface area contributed by atoms with Crippen LogP contribution in [0, 0.1) is 5.82 Å². The number of amides is 1. The van der Waals surface area contributed by atoms with Gasteiger partial charge in [0.15, 0.2) is 0 Å². The Labute approximate surface area is 200 Å². The SMILES string of the molecule is CCc1ccc(NC(=O)Cn2cc(S(=O)(=O)c3ccc(F)cc3)c(=O)c3cc(Cl)ccc32)cc1. The largest absolute Gasteiger partial charge is 0.336 e. The number of aromatic nitrogens is 1. The fourth-order valence-electron chi connectivity index (χ4n) is 3.58. The van der Waals surface area contributed by atoms with Gasteiger partial charge >= 0.3 is 0 Å². The van der Waals surface area contributed by atoms with E-state index in [1.54, 1.807) is 24.3 Å². The molecule has 6 nitrogen and oxygen atoms in total. The number of aryl methyl sites for hydroxylation is 1. The number of hydrogen-bond donors (Lipinski definition) is 1. The molecular formula is C25H20ClFN2O4S. The van der Waals surface area contributed by atoms with Crippen molar-refractivity contribution < 1.29 is 17.6 Å². The molecule has 1 heterocycles. The Morgan fingerprint density at radius 1 is 1.03 bits per heavy atom. The lowest BCUT2D eigenvalue weighted by Crippen LogP contribution is -2.24. The molecule has 1 N–H and O–H groups in total. The number of carbonyl (C=O) groups is 1. The number of rotatable bonds is 6. The highest BCUT2D eigenvalue weighted by Gasteiger charge is 2.24. The third-order valence-electron chi connectivity index (χ3n) is 5.38. The lowest BCUT2D eigenvalue weighted by molar-refractivity contribution is -0.116. The van der Waals surface area contributed by atoms with Crippen LogP contribution in [0.15, 0.2) is 87.5 Å². The molecule has 4 aromatic rings. The minimum Gasteiger partial charge on any atom is -0.336 e. The number of hydrogen-bond acceptors (Lipinski definition) is 4. The van der Waals surface area contributed by atoms with Gasteiger partial charge in [0.1, 0.15) is 17.3 Å². The van der Waals surface area contributed by atoms with E-state index in [4.69, 9.17) is 11.6 Å². The average Bonchev–Trinajstić information content (AvgIpc) is 2.81. The summed E-state index contributed by atoms with van der Waals surface area (Å²) in [5.74, 6) is -1.01. The van der Waals surface area contributed by atoms with E-state index in [1.165, 1.54) is 10.6 Å².